The number of hydrogen-bond donors (Lipinski definition) is 1. The zero-order valence-corrected chi connectivity index (χ0v) is 6.27. The van der Waals surface area contributed by atoms with Gasteiger partial charge in [-0.1, -0.05) is 6.08 Å². The smallest absolute Gasteiger partial charge is 0.115 e. The van der Waals surface area contributed by atoms with E-state index in [2.05, 4.69) is 6.58 Å². The third-order valence-electron chi connectivity index (χ3n) is 2.19. The van der Waals surface area contributed by atoms with Crippen LogP contribution in [-0.4, -0.2) is 36.1 Å². The number of epoxide rings is 1. The van der Waals surface area contributed by atoms with E-state index < -0.39 is 6.10 Å². The summed E-state index contributed by atoms with van der Waals surface area (Å²) >= 11 is 0. The van der Waals surface area contributed by atoms with Crippen LogP contribution in [0.2, 0.25) is 0 Å². The highest BCUT2D eigenvalue weighted by atomic mass is 16.6. The molecular weight excluding hydrogens is 144 g/mol. The first-order valence-electron chi connectivity index (χ1n) is 3.89. The Kier molecular flexibility index (Phi) is 1.71. The Labute approximate surface area is 65.6 Å². The molecule has 2 saturated heterocycles. The van der Waals surface area contributed by atoms with E-state index in [1.165, 1.54) is 0 Å². The van der Waals surface area contributed by atoms with Crippen LogP contribution in [0.15, 0.2) is 12.7 Å². The van der Waals surface area contributed by atoms with Gasteiger partial charge in [0, 0.05) is 0 Å². The van der Waals surface area contributed by atoms with Crippen LogP contribution in [0.1, 0.15) is 6.42 Å². The molecule has 0 aromatic heterocycles. The van der Waals surface area contributed by atoms with E-state index in [4.69, 9.17) is 9.47 Å². The van der Waals surface area contributed by atoms with Gasteiger partial charge in [-0.2, -0.15) is 0 Å². The molecule has 11 heavy (non-hydrogen) atoms. The monoisotopic (exact) mass is 156 g/mol. The highest BCUT2D eigenvalue weighted by molar-refractivity contribution is 5.01. The van der Waals surface area contributed by atoms with Crippen LogP contribution in [0, 0.1) is 0 Å². The highest BCUT2D eigenvalue weighted by Gasteiger charge is 2.52. The van der Waals surface area contributed by atoms with Crippen molar-refractivity contribution in [2.24, 2.45) is 0 Å². The lowest BCUT2D eigenvalue weighted by molar-refractivity contribution is -0.0337. The van der Waals surface area contributed by atoms with Crippen molar-refractivity contribution >= 4 is 0 Å². The van der Waals surface area contributed by atoms with Gasteiger partial charge in [-0.15, -0.1) is 6.58 Å². The molecule has 4 atom stereocenters. The zero-order valence-electron chi connectivity index (χ0n) is 6.27. The number of fused-ring (bicyclic) bond motifs is 1. The van der Waals surface area contributed by atoms with Crippen LogP contribution in [0.25, 0.3) is 0 Å². The van der Waals surface area contributed by atoms with Gasteiger partial charge >= 0.3 is 0 Å². The van der Waals surface area contributed by atoms with Gasteiger partial charge in [0.05, 0.1) is 12.7 Å². The van der Waals surface area contributed by atoms with Crippen molar-refractivity contribution in [3.63, 3.8) is 0 Å². The first kappa shape index (κ1) is 7.28. The van der Waals surface area contributed by atoms with Crippen LogP contribution < -0.4 is 0 Å². The highest BCUT2D eigenvalue weighted by Crippen LogP contribution is 2.35. The minimum absolute atomic E-state index is 0.0358. The van der Waals surface area contributed by atoms with Gasteiger partial charge in [0.25, 0.3) is 0 Å². The van der Waals surface area contributed by atoms with Crippen molar-refractivity contribution in [2.75, 3.05) is 6.61 Å². The fourth-order valence-corrected chi connectivity index (χ4v) is 1.52. The topological polar surface area (TPSA) is 42.0 Å². The Morgan fingerprint density at radius 3 is 3.09 bits per heavy atom. The minimum atomic E-state index is -0.416. The van der Waals surface area contributed by atoms with E-state index in [0.717, 1.165) is 6.42 Å². The second kappa shape index (κ2) is 2.59. The van der Waals surface area contributed by atoms with Crippen molar-refractivity contribution in [2.45, 2.75) is 30.8 Å². The summed E-state index contributed by atoms with van der Waals surface area (Å²) in [5.74, 6) is 0. The maximum absolute atomic E-state index is 9.23. The van der Waals surface area contributed by atoms with E-state index in [1.807, 2.05) is 6.08 Å². The number of ether oxygens (including phenoxy) is 2. The predicted octanol–water partition coefficient (Wildman–Crippen LogP) is 0.0896. The third-order valence-corrected chi connectivity index (χ3v) is 2.19. The second-order valence-electron chi connectivity index (χ2n) is 3.03. The van der Waals surface area contributed by atoms with E-state index in [0.29, 0.717) is 6.61 Å². The van der Waals surface area contributed by atoms with Crippen LogP contribution in [-0.2, 0) is 9.47 Å². The van der Waals surface area contributed by atoms with Gasteiger partial charge in [0.15, 0.2) is 0 Å². The molecule has 0 saturated carbocycles. The number of hydrogen-bond acceptors (Lipinski definition) is 3. The molecule has 0 spiro atoms. The molecule has 0 aliphatic carbocycles. The van der Waals surface area contributed by atoms with Crippen molar-refractivity contribution in [1.29, 1.82) is 0 Å². The Morgan fingerprint density at radius 2 is 2.36 bits per heavy atom. The van der Waals surface area contributed by atoms with Crippen molar-refractivity contribution in [3.05, 3.63) is 12.7 Å². The minimum Gasteiger partial charge on any atom is -0.388 e. The molecule has 0 aromatic carbocycles. The normalized spacial score (nSPS) is 48.1. The van der Waals surface area contributed by atoms with Crippen LogP contribution in [0.5, 0.6) is 0 Å². The zero-order chi connectivity index (χ0) is 7.84. The predicted molar refractivity (Wildman–Crippen MR) is 39.2 cm³/mol. The SMILES string of the molecule is C=CC[C@H]1OC[C@@H](O)[C@@H]2O[C@@H]21. The molecule has 3 nitrogen and oxygen atoms in total. The van der Waals surface area contributed by atoms with E-state index >= 15 is 0 Å². The van der Waals surface area contributed by atoms with Crippen LogP contribution in [0.3, 0.4) is 0 Å². The molecule has 0 bridgehead atoms. The number of rotatable bonds is 2. The molecule has 2 rings (SSSR count). The summed E-state index contributed by atoms with van der Waals surface area (Å²) in [5.41, 5.74) is 0. The molecule has 0 unspecified atom stereocenters. The van der Waals surface area contributed by atoms with E-state index in [-0.39, 0.29) is 18.3 Å². The number of aliphatic hydroxyl groups is 1. The lowest BCUT2D eigenvalue weighted by atomic mass is 10.1. The molecule has 62 valence electrons. The summed E-state index contributed by atoms with van der Waals surface area (Å²) in [4.78, 5) is 0. The van der Waals surface area contributed by atoms with Crippen molar-refractivity contribution in [3.8, 4) is 0 Å². The Bertz CT molecular complexity index is 169. The summed E-state index contributed by atoms with van der Waals surface area (Å²) in [6.45, 7) is 4.03. The summed E-state index contributed by atoms with van der Waals surface area (Å²) in [5, 5.41) is 9.23. The average Bonchev–Trinajstić information content (AvgIpc) is 2.75. The molecule has 0 aromatic rings. The summed E-state index contributed by atoms with van der Waals surface area (Å²) in [7, 11) is 0. The van der Waals surface area contributed by atoms with Crippen molar-refractivity contribution < 1.29 is 14.6 Å². The maximum Gasteiger partial charge on any atom is 0.115 e. The molecule has 2 aliphatic heterocycles. The maximum atomic E-state index is 9.23. The first-order chi connectivity index (χ1) is 5.33. The Hall–Kier alpha value is -0.380. The Morgan fingerprint density at radius 1 is 1.55 bits per heavy atom. The van der Waals surface area contributed by atoms with Crippen LogP contribution >= 0.6 is 0 Å². The average molecular weight is 156 g/mol. The fraction of sp³-hybridized carbons (Fsp3) is 0.750. The molecule has 2 fully saturated rings. The second-order valence-corrected chi connectivity index (χ2v) is 3.03. The largest absolute Gasteiger partial charge is 0.388 e. The summed E-state index contributed by atoms with van der Waals surface area (Å²) in [6.07, 6.45) is 2.50. The first-order valence-corrected chi connectivity index (χ1v) is 3.89. The van der Waals surface area contributed by atoms with Gasteiger partial charge in [-0.05, 0) is 6.42 Å². The molecule has 0 radical (unpaired) electrons. The van der Waals surface area contributed by atoms with Gasteiger partial charge in [-0.25, -0.2) is 0 Å². The lowest BCUT2D eigenvalue weighted by Gasteiger charge is -2.20. The van der Waals surface area contributed by atoms with E-state index in [1.54, 1.807) is 0 Å². The standard InChI is InChI=1S/C8H12O3/c1-2-3-6-8-7(11-8)5(9)4-10-6/h2,5-9H,1,3-4H2/t5-,6-,7+,8-/m1/s1. The summed E-state index contributed by atoms with van der Waals surface area (Å²) in [6, 6.07) is 0. The molecule has 2 heterocycles. The van der Waals surface area contributed by atoms with Gasteiger partial charge in [0.1, 0.15) is 18.3 Å². The quantitative estimate of drug-likeness (QED) is 0.455. The number of aliphatic hydroxyl groups excluding tert-OH is 1. The third kappa shape index (κ3) is 1.20. The molecule has 1 N–H and O–H groups in total. The Balaban J connectivity index is 1.92. The lowest BCUT2D eigenvalue weighted by Crippen LogP contribution is -2.36. The van der Waals surface area contributed by atoms with Crippen molar-refractivity contribution in [1.82, 2.24) is 0 Å². The molecule has 3 heteroatoms. The van der Waals surface area contributed by atoms with Gasteiger partial charge in [0.2, 0.25) is 0 Å². The van der Waals surface area contributed by atoms with Crippen LogP contribution in [0.4, 0.5) is 0 Å². The van der Waals surface area contributed by atoms with Gasteiger partial charge in [-0.3, -0.25) is 0 Å². The molecular formula is C8H12O3. The molecule has 0 amide bonds. The molecule has 2 aliphatic rings. The van der Waals surface area contributed by atoms with Gasteiger partial charge < -0.3 is 14.6 Å². The fourth-order valence-electron chi connectivity index (χ4n) is 1.52. The van der Waals surface area contributed by atoms with E-state index in [9.17, 15) is 5.11 Å². The summed E-state index contributed by atoms with van der Waals surface area (Å²) < 4.78 is 10.6.